The van der Waals surface area contributed by atoms with Gasteiger partial charge in [0.15, 0.2) is 0 Å². The van der Waals surface area contributed by atoms with E-state index in [0.717, 1.165) is 27.8 Å². The summed E-state index contributed by atoms with van der Waals surface area (Å²) < 4.78 is 9.16. The highest BCUT2D eigenvalue weighted by Gasteiger charge is 2.12. The third-order valence-electron chi connectivity index (χ3n) is 4.34. The molecule has 132 valence electrons. The molecule has 0 fully saturated rings. The predicted octanol–water partition coefficient (Wildman–Crippen LogP) is 2.59. The van der Waals surface area contributed by atoms with Crippen LogP contribution in [0.3, 0.4) is 0 Å². The number of nitrogens with zero attached hydrogens (tertiary/aromatic N) is 4. The molecule has 0 aliphatic carbocycles. The molecule has 1 aromatic carbocycles. The maximum absolute atomic E-state index is 12.3. The average Bonchev–Trinajstić information content (AvgIpc) is 3.07. The molecule has 0 saturated carbocycles. The highest BCUT2D eigenvalue weighted by atomic mass is 16.5. The van der Waals surface area contributed by atoms with E-state index in [1.807, 2.05) is 57.0 Å². The van der Waals surface area contributed by atoms with Gasteiger partial charge >= 0.3 is 0 Å². The van der Waals surface area contributed by atoms with Gasteiger partial charge in [-0.2, -0.15) is 5.10 Å². The number of fused-ring (bicyclic) bond motifs is 1. The van der Waals surface area contributed by atoms with Crippen molar-refractivity contribution in [2.45, 2.75) is 26.7 Å². The molecule has 2 aromatic heterocycles. The highest BCUT2D eigenvalue weighted by molar-refractivity contribution is 5.95. The number of rotatable bonds is 6. The van der Waals surface area contributed by atoms with Gasteiger partial charge in [-0.15, -0.1) is 5.10 Å². The molecule has 0 unspecified atom stereocenters. The maximum Gasteiger partial charge on any atom is 0.240 e. The third-order valence-corrected chi connectivity index (χ3v) is 4.34. The van der Waals surface area contributed by atoms with Crippen LogP contribution in [0.1, 0.15) is 24.6 Å². The molecule has 0 spiro atoms. The Labute approximate surface area is 146 Å². The van der Waals surface area contributed by atoms with E-state index < -0.39 is 0 Å². The van der Waals surface area contributed by atoms with Gasteiger partial charge in [-0.1, -0.05) is 0 Å². The van der Waals surface area contributed by atoms with Gasteiger partial charge in [0, 0.05) is 31.9 Å². The summed E-state index contributed by atoms with van der Waals surface area (Å²) >= 11 is 0. The van der Waals surface area contributed by atoms with Crippen LogP contribution in [0.2, 0.25) is 0 Å². The smallest absolute Gasteiger partial charge is 0.240 e. The number of carbonyl (C=O) groups excluding carboxylic acids is 1. The van der Waals surface area contributed by atoms with Crippen LogP contribution in [0.5, 0.6) is 5.88 Å². The summed E-state index contributed by atoms with van der Waals surface area (Å²) in [5.74, 6) is 0.562. The molecule has 0 radical (unpaired) electrons. The number of anilines is 1. The van der Waals surface area contributed by atoms with Crippen LogP contribution in [0, 0.1) is 6.92 Å². The molecule has 25 heavy (non-hydrogen) atoms. The first-order valence-corrected chi connectivity index (χ1v) is 8.36. The van der Waals surface area contributed by atoms with E-state index in [2.05, 4.69) is 15.5 Å². The van der Waals surface area contributed by atoms with Crippen LogP contribution in [-0.4, -0.2) is 32.1 Å². The van der Waals surface area contributed by atoms with Crippen molar-refractivity contribution in [3.63, 3.8) is 0 Å². The fourth-order valence-corrected chi connectivity index (χ4v) is 2.82. The summed E-state index contributed by atoms with van der Waals surface area (Å²) in [6, 6.07) is 5.72. The maximum atomic E-state index is 12.3. The predicted molar refractivity (Wildman–Crippen MR) is 96.8 cm³/mol. The monoisotopic (exact) mass is 341 g/mol. The Morgan fingerprint density at radius 1 is 1.28 bits per heavy atom. The molecule has 0 saturated heterocycles. The van der Waals surface area contributed by atoms with Crippen molar-refractivity contribution in [2.24, 2.45) is 14.1 Å². The number of ether oxygens (including phenoxy) is 1. The van der Waals surface area contributed by atoms with Crippen molar-refractivity contribution >= 4 is 22.5 Å². The second-order valence-electron chi connectivity index (χ2n) is 6.02. The number of nitrogens with one attached hydrogen (secondary N) is 1. The van der Waals surface area contributed by atoms with Crippen molar-refractivity contribution in [1.29, 1.82) is 0 Å². The van der Waals surface area contributed by atoms with E-state index in [0.29, 0.717) is 25.3 Å². The summed E-state index contributed by atoms with van der Waals surface area (Å²) in [6.07, 6.45) is 2.90. The van der Waals surface area contributed by atoms with Gasteiger partial charge in [-0.25, -0.2) is 0 Å². The lowest BCUT2D eigenvalue weighted by atomic mass is 10.1. The number of benzene rings is 1. The molecule has 0 atom stereocenters. The van der Waals surface area contributed by atoms with Gasteiger partial charge < -0.3 is 10.1 Å². The van der Waals surface area contributed by atoms with Crippen molar-refractivity contribution in [1.82, 2.24) is 19.6 Å². The molecule has 3 aromatic rings. The molecule has 2 heterocycles. The first kappa shape index (κ1) is 17.0. The molecule has 3 rings (SSSR count). The Kier molecular flexibility index (Phi) is 4.74. The number of amides is 1. The standard InChI is InChI=1S/C18H23N5O2/c1-5-25-18-15-10-14(7-8-16(15)23(4)21-18)20-17(24)9-6-13-11-19-22(3)12(13)2/h7-8,10-11H,5-6,9H2,1-4H3,(H,20,24). The molecular formula is C18H23N5O2. The van der Waals surface area contributed by atoms with E-state index in [4.69, 9.17) is 4.74 Å². The van der Waals surface area contributed by atoms with Crippen LogP contribution in [0.15, 0.2) is 24.4 Å². The second-order valence-corrected chi connectivity index (χ2v) is 6.02. The van der Waals surface area contributed by atoms with E-state index in [9.17, 15) is 4.79 Å². The van der Waals surface area contributed by atoms with Crippen LogP contribution in [0.25, 0.3) is 10.9 Å². The minimum Gasteiger partial charge on any atom is -0.476 e. The summed E-state index contributed by atoms with van der Waals surface area (Å²) in [7, 11) is 3.78. The van der Waals surface area contributed by atoms with E-state index in [1.54, 1.807) is 4.68 Å². The van der Waals surface area contributed by atoms with Crippen molar-refractivity contribution in [2.75, 3.05) is 11.9 Å². The fourth-order valence-electron chi connectivity index (χ4n) is 2.82. The first-order chi connectivity index (χ1) is 12.0. The lowest BCUT2D eigenvalue weighted by Crippen LogP contribution is -2.12. The zero-order chi connectivity index (χ0) is 18.0. The molecule has 7 nitrogen and oxygen atoms in total. The zero-order valence-electron chi connectivity index (χ0n) is 15.0. The number of aryl methyl sites for hydroxylation is 3. The summed E-state index contributed by atoms with van der Waals surface area (Å²) in [4.78, 5) is 12.3. The molecular weight excluding hydrogens is 318 g/mol. The van der Waals surface area contributed by atoms with Gasteiger partial charge in [-0.3, -0.25) is 14.2 Å². The lowest BCUT2D eigenvalue weighted by molar-refractivity contribution is -0.116. The summed E-state index contributed by atoms with van der Waals surface area (Å²) in [5.41, 5.74) is 3.90. The molecule has 1 amide bonds. The Balaban J connectivity index is 1.70. The topological polar surface area (TPSA) is 74.0 Å². The number of hydrogen-bond acceptors (Lipinski definition) is 4. The fraction of sp³-hybridized carbons (Fsp3) is 0.389. The first-order valence-electron chi connectivity index (χ1n) is 8.36. The van der Waals surface area contributed by atoms with Crippen LogP contribution in [0.4, 0.5) is 5.69 Å². The van der Waals surface area contributed by atoms with Gasteiger partial charge in [-0.05, 0) is 44.0 Å². The molecule has 0 aliphatic heterocycles. The highest BCUT2D eigenvalue weighted by Crippen LogP contribution is 2.27. The Morgan fingerprint density at radius 2 is 2.08 bits per heavy atom. The Hall–Kier alpha value is -2.83. The summed E-state index contributed by atoms with van der Waals surface area (Å²) in [6.45, 7) is 4.48. The Bertz CT molecular complexity index is 910. The minimum atomic E-state index is -0.0237. The number of hydrogen-bond donors (Lipinski definition) is 1. The number of carbonyl (C=O) groups is 1. The van der Waals surface area contributed by atoms with Crippen LogP contribution in [-0.2, 0) is 25.3 Å². The molecule has 7 heteroatoms. The third kappa shape index (κ3) is 3.50. The second kappa shape index (κ2) is 6.96. The largest absolute Gasteiger partial charge is 0.476 e. The normalized spacial score (nSPS) is 11.0. The van der Waals surface area contributed by atoms with E-state index in [1.165, 1.54) is 0 Å². The molecule has 1 N–H and O–H groups in total. The molecule has 0 aliphatic rings. The van der Waals surface area contributed by atoms with Gasteiger partial charge in [0.1, 0.15) is 0 Å². The SMILES string of the molecule is CCOc1nn(C)c2ccc(NC(=O)CCc3cnn(C)c3C)cc12. The quantitative estimate of drug-likeness (QED) is 0.748. The van der Waals surface area contributed by atoms with Gasteiger partial charge in [0.05, 0.1) is 23.7 Å². The van der Waals surface area contributed by atoms with Gasteiger partial charge in [0.25, 0.3) is 0 Å². The Morgan fingerprint density at radius 3 is 2.76 bits per heavy atom. The molecule has 0 bridgehead atoms. The minimum absolute atomic E-state index is 0.0237. The summed E-state index contributed by atoms with van der Waals surface area (Å²) in [5, 5.41) is 12.4. The van der Waals surface area contributed by atoms with Crippen molar-refractivity contribution in [3.8, 4) is 5.88 Å². The van der Waals surface area contributed by atoms with Gasteiger partial charge in [0.2, 0.25) is 11.8 Å². The average molecular weight is 341 g/mol. The van der Waals surface area contributed by atoms with E-state index >= 15 is 0 Å². The zero-order valence-corrected chi connectivity index (χ0v) is 15.0. The van der Waals surface area contributed by atoms with Crippen LogP contribution >= 0.6 is 0 Å². The van der Waals surface area contributed by atoms with Crippen molar-refractivity contribution < 1.29 is 9.53 Å². The van der Waals surface area contributed by atoms with Crippen LogP contribution < -0.4 is 10.1 Å². The van der Waals surface area contributed by atoms with Crippen molar-refractivity contribution in [3.05, 3.63) is 35.7 Å². The lowest BCUT2D eigenvalue weighted by Gasteiger charge is -2.06. The number of aromatic nitrogens is 4. The van der Waals surface area contributed by atoms with E-state index in [-0.39, 0.29) is 5.91 Å².